The molecule has 1 N–H and O–H groups in total. The van der Waals surface area contributed by atoms with E-state index in [2.05, 4.69) is 0 Å². The van der Waals surface area contributed by atoms with Crippen molar-refractivity contribution in [1.29, 1.82) is 0 Å². The van der Waals surface area contributed by atoms with Gasteiger partial charge in [0.1, 0.15) is 17.1 Å². The first-order valence-corrected chi connectivity index (χ1v) is 9.99. The second-order valence-electron chi connectivity index (χ2n) is 7.64. The van der Waals surface area contributed by atoms with Gasteiger partial charge in [-0.25, -0.2) is 4.79 Å². The first-order chi connectivity index (χ1) is 14.2. The van der Waals surface area contributed by atoms with Crippen LogP contribution in [0, 0.1) is 12.3 Å². The molecule has 0 radical (unpaired) electrons. The number of ether oxygens (including phenoxy) is 3. The molecule has 1 fully saturated rings. The van der Waals surface area contributed by atoms with E-state index < -0.39 is 22.9 Å². The summed E-state index contributed by atoms with van der Waals surface area (Å²) in [7, 11) is 3.10. The molecule has 30 heavy (non-hydrogen) atoms. The predicted molar refractivity (Wildman–Crippen MR) is 117 cm³/mol. The van der Waals surface area contributed by atoms with E-state index in [1.54, 1.807) is 26.2 Å². The number of allylic oxidation sites excluding steroid dienone is 6. The Hall–Kier alpha value is -2.41. The molecular formula is C24H32O6. The molecule has 164 valence electrons. The zero-order valence-electron chi connectivity index (χ0n) is 18.5. The molecule has 0 aromatic carbocycles. The second kappa shape index (κ2) is 10.1. The van der Waals surface area contributed by atoms with Crippen LogP contribution < -0.4 is 10.4 Å². The minimum Gasteiger partial charge on any atom is -0.496 e. The maximum Gasteiger partial charge on any atom is 0.339 e. The zero-order valence-corrected chi connectivity index (χ0v) is 18.5. The van der Waals surface area contributed by atoms with Crippen molar-refractivity contribution in [1.82, 2.24) is 0 Å². The Morgan fingerprint density at radius 1 is 1.13 bits per heavy atom. The van der Waals surface area contributed by atoms with Gasteiger partial charge in [0, 0.05) is 12.7 Å². The van der Waals surface area contributed by atoms with Crippen molar-refractivity contribution in [2.24, 2.45) is 5.41 Å². The number of methoxy groups -OCH3 is 2. The third-order valence-electron chi connectivity index (χ3n) is 5.74. The Balaban J connectivity index is 2.03. The minimum atomic E-state index is -1.04. The van der Waals surface area contributed by atoms with Crippen molar-refractivity contribution in [3.8, 4) is 5.75 Å². The monoisotopic (exact) mass is 416 g/mol. The Kier molecular flexibility index (Phi) is 8.01. The molecule has 4 atom stereocenters. The van der Waals surface area contributed by atoms with Gasteiger partial charge in [-0.2, -0.15) is 0 Å². The molecule has 1 saturated heterocycles. The minimum absolute atomic E-state index is 0.286. The Labute approximate surface area is 178 Å². The summed E-state index contributed by atoms with van der Waals surface area (Å²) >= 11 is 0. The molecule has 0 amide bonds. The molecule has 1 aliphatic heterocycles. The van der Waals surface area contributed by atoms with Gasteiger partial charge in [-0.15, -0.1) is 0 Å². The standard InChI is InChI=1S/C24H32O6/c1-7-20-24(4,26)23(3,22(28-6)30-20)15-13-11-9-8-10-12-14-18-17(2)19(27-5)16-21(25)29-18/h8-16,20,22,26H,7H2,1-6H3. The highest BCUT2D eigenvalue weighted by Gasteiger charge is 2.59. The average Bonchev–Trinajstić information content (AvgIpc) is 2.91. The lowest BCUT2D eigenvalue weighted by molar-refractivity contribution is -0.143. The van der Waals surface area contributed by atoms with Crippen molar-refractivity contribution in [2.75, 3.05) is 14.2 Å². The third-order valence-corrected chi connectivity index (χ3v) is 5.74. The molecule has 0 saturated carbocycles. The van der Waals surface area contributed by atoms with E-state index in [1.165, 1.54) is 13.2 Å². The summed E-state index contributed by atoms with van der Waals surface area (Å²) < 4.78 is 21.7. The molecule has 1 aromatic heterocycles. The van der Waals surface area contributed by atoms with Crippen LogP contribution in [0.1, 0.15) is 38.5 Å². The summed E-state index contributed by atoms with van der Waals surface area (Å²) in [5.74, 6) is 0.959. The van der Waals surface area contributed by atoms with Gasteiger partial charge >= 0.3 is 5.63 Å². The number of hydrogen-bond donors (Lipinski definition) is 1. The molecular weight excluding hydrogens is 384 g/mol. The summed E-state index contributed by atoms with van der Waals surface area (Å²) in [5, 5.41) is 11.0. The van der Waals surface area contributed by atoms with Crippen LogP contribution in [0.25, 0.3) is 6.08 Å². The van der Waals surface area contributed by atoms with E-state index in [4.69, 9.17) is 18.6 Å². The Morgan fingerprint density at radius 3 is 2.37 bits per heavy atom. The van der Waals surface area contributed by atoms with Crippen LogP contribution in [0.3, 0.4) is 0 Å². The maximum atomic E-state index is 11.5. The van der Waals surface area contributed by atoms with E-state index in [0.717, 1.165) is 5.56 Å². The van der Waals surface area contributed by atoms with Crippen LogP contribution in [-0.4, -0.2) is 37.3 Å². The van der Waals surface area contributed by atoms with Crippen molar-refractivity contribution in [3.63, 3.8) is 0 Å². The van der Waals surface area contributed by atoms with Gasteiger partial charge in [0.15, 0.2) is 6.29 Å². The number of aliphatic hydroxyl groups is 1. The molecule has 0 bridgehead atoms. The fourth-order valence-corrected chi connectivity index (χ4v) is 3.63. The lowest BCUT2D eigenvalue weighted by Gasteiger charge is -2.37. The van der Waals surface area contributed by atoms with Gasteiger partial charge in [-0.05, 0) is 33.3 Å². The summed E-state index contributed by atoms with van der Waals surface area (Å²) in [6.45, 7) is 7.54. The average molecular weight is 417 g/mol. The van der Waals surface area contributed by atoms with E-state index in [0.29, 0.717) is 17.9 Å². The maximum absolute atomic E-state index is 11.5. The summed E-state index contributed by atoms with van der Waals surface area (Å²) in [5.41, 5.74) is -1.40. The normalized spacial score (nSPS) is 29.8. The highest BCUT2D eigenvalue weighted by Crippen LogP contribution is 2.48. The van der Waals surface area contributed by atoms with Gasteiger partial charge in [-0.1, -0.05) is 49.5 Å². The zero-order chi connectivity index (χ0) is 22.4. The lowest BCUT2D eigenvalue weighted by atomic mass is 9.72. The SMILES string of the molecule is CCC1OC(OC)C(C)(C=CC=CC=CC=Cc2oc(=O)cc(OC)c2C)C1(C)O. The number of rotatable bonds is 8. The smallest absolute Gasteiger partial charge is 0.339 e. The first-order valence-electron chi connectivity index (χ1n) is 9.99. The fraction of sp³-hybridized carbons (Fsp3) is 0.458. The van der Waals surface area contributed by atoms with Crippen LogP contribution in [0.2, 0.25) is 0 Å². The Morgan fingerprint density at radius 2 is 1.77 bits per heavy atom. The van der Waals surface area contributed by atoms with Crippen molar-refractivity contribution >= 4 is 6.08 Å². The largest absolute Gasteiger partial charge is 0.496 e. The van der Waals surface area contributed by atoms with E-state index in [9.17, 15) is 9.90 Å². The topological polar surface area (TPSA) is 78.1 Å². The lowest BCUT2D eigenvalue weighted by Crippen LogP contribution is -2.48. The van der Waals surface area contributed by atoms with Gasteiger partial charge in [0.2, 0.25) is 0 Å². The molecule has 0 spiro atoms. The predicted octanol–water partition coefficient (Wildman–Crippen LogP) is 4.18. The van der Waals surface area contributed by atoms with Gasteiger partial charge < -0.3 is 23.7 Å². The number of hydrogen-bond acceptors (Lipinski definition) is 6. The summed E-state index contributed by atoms with van der Waals surface area (Å²) in [4.78, 5) is 11.5. The van der Waals surface area contributed by atoms with E-state index in [-0.39, 0.29) is 6.10 Å². The van der Waals surface area contributed by atoms with Crippen molar-refractivity contribution < 1.29 is 23.7 Å². The van der Waals surface area contributed by atoms with Crippen LogP contribution >= 0.6 is 0 Å². The van der Waals surface area contributed by atoms with E-state index >= 15 is 0 Å². The highest BCUT2D eigenvalue weighted by molar-refractivity contribution is 5.52. The molecule has 6 heteroatoms. The van der Waals surface area contributed by atoms with Crippen LogP contribution in [-0.2, 0) is 9.47 Å². The summed E-state index contributed by atoms with van der Waals surface area (Å²) in [6.07, 6.45) is 14.6. The van der Waals surface area contributed by atoms with Crippen LogP contribution in [0.5, 0.6) is 5.75 Å². The second-order valence-corrected chi connectivity index (χ2v) is 7.64. The van der Waals surface area contributed by atoms with E-state index in [1.807, 2.05) is 57.2 Å². The van der Waals surface area contributed by atoms with Gasteiger partial charge in [-0.3, -0.25) is 0 Å². The van der Waals surface area contributed by atoms with Crippen molar-refractivity contribution in [3.05, 3.63) is 70.3 Å². The van der Waals surface area contributed by atoms with Crippen molar-refractivity contribution in [2.45, 2.75) is 52.1 Å². The fourth-order valence-electron chi connectivity index (χ4n) is 3.63. The quantitative estimate of drug-likeness (QED) is 0.641. The molecule has 4 unspecified atom stereocenters. The molecule has 1 aliphatic rings. The molecule has 2 heterocycles. The molecule has 2 rings (SSSR count). The highest BCUT2D eigenvalue weighted by atomic mass is 16.7. The van der Waals surface area contributed by atoms with Crippen LogP contribution in [0.15, 0.2) is 57.8 Å². The summed E-state index contributed by atoms with van der Waals surface area (Å²) in [6, 6.07) is 1.32. The molecule has 6 nitrogen and oxygen atoms in total. The van der Waals surface area contributed by atoms with Gasteiger partial charge in [0.25, 0.3) is 0 Å². The van der Waals surface area contributed by atoms with Crippen LogP contribution in [0.4, 0.5) is 0 Å². The first kappa shape index (κ1) is 23.9. The third kappa shape index (κ3) is 4.83. The Bertz CT molecular complexity index is 889. The van der Waals surface area contributed by atoms with Gasteiger partial charge in [0.05, 0.1) is 24.7 Å². The molecule has 1 aromatic rings. The molecule has 0 aliphatic carbocycles.